The van der Waals surface area contributed by atoms with Crippen LogP contribution in [-0.2, 0) is 5.41 Å². The van der Waals surface area contributed by atoms with Crippen molar-refractivity contribution >= 4 is 71.6 Å². The van der Waals surface area contributed by atoms with Crippen LogP contribution in [0.25, 0.3) is 71.3 Å². The van der Waals surface area contributed by atoms with E-state index in [0.717, 1.165) is 50.2 Å². The molecule has 0 amide bonds. The van der Waals surface area contributed by atoms with Gasteiger partial charge in [-0.05, 0) is 105 Å². The van der Waals surface area contributed by atoms with Crippen LogP contribution >= 0.6 is 0 Å². The van der Waals surface area contributed by atoms with Crippen LogP contribution in [0.2, 0.25) is 0 Å². The fraction of sp³-hybridized carbons (Fsp3) is 0.0169. The summed E-state index contributed by atoms with van der Waals surface area (Å²) in [6.07, 6.45) is 0. The molecule has 0 saturated carbocycles. The standard InChI is InChI=1S/C59H38N2O/c1-4-17-40(18-5-1)59(41-19-6-2-7-20-41)53-36-43(29-33-47(53)52-32-28-39-16-10-11-23-46(39)58(52)59)60(45-31-35-51-50-25-13-15-27-56(50)62-57(51)38-45)44-30-34-49-48-24-12-14-26-54(48)61(55(49)37-44)42-21-8-3-9-22-42/h1-38H. The molecule has 0 fully saturated rings. The van der Waals surface area contributed by atoms with E-state index in [9.17, 15) is 0 Å². The van der Waals surface area contributed by atoms with Gasteiger partial charge in [-0.15, -0.1) is 0 Å². The quantitative estimate of drug-likeness (QED) is 0.167. The molecule has 2 aromatic heterocycles. The second kappa shape index (κ2) is 13.4. The fourth-order valence-electron chi connectivity index (χ4n) is 10.6. The Morgan fingerprint density at radius 3 is 1.69 bits per heavy atom. The summed E-state index contributed by atoms with van der Waals surface area (Å²) in [6, 6.07) is 84.2. The molecule has 2 heterocycles. The number of rotatable bonds is 6. The number of furan rings is 1. The van der Waals surface area contributed by atoms with E-state index in [-0.39, 0.29) is 0 Å². The van der Waals surface area contributed by atoms with Crippen LogP contribution in [0.3, 0.4) is 0 Å². The van der Waals surface area contributed by atoms with Gasteiger partial charge in [0.25, 0.3) is 0 Å². The van der Waals surface area contributed by atoms with Gasteiger partial charge < -0.3 is 13.9 Å². The molecule has 0 saturated heterocycles. The maximum atomic E-state index is 6.58. The zero-order valence-corrected chi connectivity index (χ0v) is 33.7. The number of nitrogens with zero attached hydrogens (tertiary/aromatic N) is 2. The maximum absolute atomic E-state index is 6.58. The topological polar surface area (TPSA) is 21.3 Å². The number of aromatic nitrogens is 1. The second-order valence-corrected chi connectivity index (χ2v) is 16.4. The predicted octanol–water partition coefficient (Wildman–Crippen LogP) is 15.7. The smallest absolute Gasteiger partial charge is 0.137 e. The molecule has 62 heavy (non-hydrogen) atoms. The lowest BCUT2D eigenvalue weighted by Gasteiger charge is -2.35. The molecule has 12 aromatic rings. The van der Waals surface area contributed by atoms with Crippen molar-refractivity contribution in [2.24, 2.45) is 0 Å². The highest BCUT2D eigenvalue weighted by Gasteiger charge is 2.47. The van der Waals surface area contributed by atoms with E-state index in [0.29, 0.717) is 0 Å². The molecular weight excluding hydrogens is 753 g/mol. The first kappa shape index (κ1) is 34.7. The Bertz CT molecular complexity index is 3660. The van der Waals surface area contributed by atoms with E-state index in [2.05, 4.69) is 234 Å². The third-order valence-corrected chi connectivity index (χ3v) is 13.2. The molecule has 3 nitrogen and oxygen atoms in total. The Labute approximate surface area is 359 Å². The Kier molecular flexibility index (Phi) is 7.52. The van der Waals surface area contributed by atoms with Crippen molar-refractivity contribution in [1.82, 2.24) is 4.57 Å². The summed E-state index contributed by atoms with van der Waals surface area (Å²) < 4.78 is 8.98. The third kappa shape index (κ3) is 4.94. The molecule has 290 valence electrons. The predicted molar refractivity (Wildman–Crippen MR) is 258 cm³/mol. The highest BCUT2D eigenvalue weighted by molar-refractivity contribution is 6.11. The summed E-state index contributed by atoms with van der Waals surface area (Å²) in [5, 5.41) is 7.16. The van der Waals surface area contributed by atoms with E-state index in [1.807, 2.05) is 6.07 Å². The lowest BCUT2D eigenvalue weighted by atomic mass is 9.66. The van der Waals surface area contributed by atoms with Crippen LogP contribution in [-0.4, -0.2) is 4.57 Å². The van der Waals surface area contributed by atoms with Gasteiger partial charge in [0.2, 0.25) is 0 Å². The number of hydrogen-bond acceptors (Lipinski definition) is 2. The van der Waals surface area contributed by atoms with Crippen molar-refractivity contribution < 1.29 is 4.42 Å². The molecule has 0 spiro atoms. The number of anilines is 3. The molecular formula is C59H38N2O. The average molecular weight is 791 g/mol. The molecule has 0 bridgehead atoms. The van der Waals surface area contributed by atoms with Crippen molar-refractivity contribution in [2.45, 2.75) is 5.41 Å². The van der Waals surface area contributed by atoms with Crippen molar-refractivity contribution in [3.05, 3.63) is 253 Å². The largest absolute Gasteiger partial charge is 0.456 e. The minimum atomic E-state index is -0.595. The van der Waals surface area contributed by atoms with Crippen molar-refractivity contribution in [1.29, 1.82) is 0 Å². The van der Waals surface area contributed by atoms with Gasteiger partial charge in [-0.3, -0.25) is 0 Å². The van der Waals surface area contributed by atoms with Crippen LogP contribution in [0.4, 0.5) is 17.1 Å². The third-order valence-electron chi connectivity index (χ3n) is 13.2. The van der Waals surface area contributed by atoms with Gasteiger partial charge in [-0.2, -0.15) is 0 Å². The van der Waals surface area contributed by atoms with E-state index in [1.54, 1.807) is 0 Å². The van der Waals surface area contributed by atoms with E-state index in [1.165, 1.54) is 60.4 Å². The van der Waals surface area contributed by atoms with Gasteiger partial charge in [0.15, 0.2) is 0 Å². The monoisotopic (exact) mass is 790 g/mol. The minimum Gasteiger partial charge on any atom is -0.456 e. The maximum Gasteiger partial charge on any atom is 0.137 e. The number of fused-ring (bicyclic) bond motifs is 11. The molecule has 0 unspecified atom stereocenters. The zero-order valence-electron chi connectivity index (χ0n) is 33.7. The molecule has 1 aliphatic rings. The molecule has 0 radical (unpaired) electrons. The first-order chi connectivity index (χ1) is 30.8. The van der Waals surface area contributed by atoms with Gasteiger partial charge in [0.05, 0.1) is 16.4 Å². The van der Waals surface area contributed by atoms with Crippen LogP contribution in [0.5, 0.6) is 0 Å². The summed E-state index contributed by atoms with van der Waals surface area (Å²) in [4.78, 5) is 2.42. The Morgan fingerprint density at radius 1 is 0.371 bits per heavy atom. The number of para-hydroxylation sites is 3. The van der Waals surface area contributed by atoms with Crippen molar-refractivity contribution in [3.63, 3.8) is 0 Å². The van der Waals surface area contributed by atoms with Crippen LogP contribution in [0.1, 0.15) is 22.3 Å². The number of hydrogen-bond donors (Lipinski definition) is 0. The molecule has 0 aliphatic heterocycles. The Balaban J connectivity index is 1.12. The molecule has 3 heteroatoms. The first-order valence-electron chi connectivity index (χ1n) is 21.3. The first-order valence-corrected chi connectivity index (χ1v) is 21.3. The minimum absolute atomic E-state index is 0.595. The van der Waals surface area contributed by atoms with E-state index >= 15 is 0 Å². The van der Waals surface area contributed by atoms with Gasteiger partial charge in [0.1, 0.15) is 11.2 Å². The van der Waals surface area contributed by atoms with Gasteiger partial charge in [0, 0.05) is 50.4 Å². The van der Waals surface area contributed by atoms with Crippen LogP contribution < -0.4 is 4.90 Å². The SMILES string of the molecule is c1ccc(-n2c3ccccc3c3ccc(N(c4ccc5c(c4)C(c4ccccc4)(c4ccccc4)c4c-5ccc5ccccc45)c4ccc5c(c4)oc4ccccc45)cc32)cc1. The van der Waals surface area contributed by atoms with Crippen molar-refractivity contribution in [2.75, 3.05) is 4.90 Å². The summed E-state index contributed by atoms with van der Waals surface area (Å²) in [6.45, 7) is 0. The van der Waals surface area contributed by atoms with Gasteiger partial charge >= 0.3 is 0 Å². The molecule has 0 N–H and O–H groups in total. The Morgan fingerprint density at radius 2 is 0.919 bits per heavy atom. The highest BCUT2D eigenvalue weighted by atomic mass is 16.3. The van der Waals surface area contributed by atoms with E-state index < -0.39 is 5.41 Å². The zero-order chi connectivity index (χ0) is 40.8. The lowest BCUT2D eigenvalue weighted by molar-refractivity contribution is 0.669. The fourth-order valence-corrected chi connectivity index (χ4v) is 10.6. The second-order valence-electron chi connectivity index (χ2n) is 16.4. The van der Waals surface area contributed by atoms with Crippen LogP contribution in [0.15, 0.2) is 235 Å². The molecule has 13 rings (SSSR count). The number of benzene rings is 10. The summed E-state index contributed by atoms with van der Waals surface area (Å²) in [7, 11) is 0. The summed E-state index contributed by atoms with van der Waals surface area (Å²) in [5.74, 6) is 0. The Hall–Kier alpha value is -8.14. The normalized spacial score (nSPS) is 13.0. The lowest BCUT2D eigenvalue weighted by Crippen LogP contribution is -2.29. The summed E-state index contributed by atoms with van der Waals surface area (Å²) in [5.41, 5.74) is 15.3. The molecule has 10 aromatic carbocycles. The van der Waals surface area contributed by atoms with Crippen LogP contribution in [0, 0.1) is 0 Å². The van der Waals surface area contributed by atoms with E-state index in [4.69, 9.17) is 4.42 Å². The summed E-state index contributed by atoms with van der Waals surface area (Å²) >= 11 is 0. The molecule has 0 atom stereocenters. The molecule has 1 aliphatic carbocycles. The average Bonchev–Trinajstić information content (AvgIpc) is 3.98. The van der Waals surface area contributed by atoms with Gasteiger partial charge in [-0.1, -0.05) is 164 Å². The van der Waals surface area contributed by atoms with Crippen molar-refractivity contribution in [3.8, 4) is 16.8 Å². The highest BCUT2D eigenvalue weighted by Crippen LogP contribution is 2.59. The van der Waals surface area contributed by atoms with Gasteiger partial charge in [-0.25, -0.2) is 0 Å².